The first-order chi connectivity index (χ1) is 14.6. The van der Waals surface area contributed by atoms with Crippen LogP contribution < -0.4 is 4.74 Å². The Morgan fingerprint density at radius 3 is 2.50 bits per heavy atom. The Labute approximate surface area is 182 Å². The summed E-state index contributed by atoms with van der Waals surface area (Å²) in [4.78, 5) is 2.19. The van der Waals surface area contributed by atoms with E-state index in [0.29, 0.717) is 17.5 Å². The number of ether oxygens (including phenoxy) is 1. The van der Waals surface area contributed by atoms with E-state index in [1.807, 2.05) is 24.3 Å². The van der Waals surface area contributed by atoms with Crippen LogP contribution in [-0.2, 0) is 12.3 Å². The predicted molar refractivity (Wildman–Crippen MR) is 117 cm³/mol. The molecule has 1 atom stereocenters. The van der Waals surface area contributed by atoms with Gasteiger partial charge in [0.2, 0.25) is 11.8 Å². The smallest absolute Gasteiger partial charge is 0.247 e. The molecule has 1 unspecified atom stereocenters. The van der Waals surface area contributed by atoms with Crippen molar-refractivity contribution in [1.29, 1.82) is 0 Å². The summed E-state index contributed by atoms with van der Waals surface area (Å²) in [7, 11) is 5.81. The van der Waals surface area contributed by atoms with Crippen LogP contribution in [0.2, 0.25) is 0 Å². The molecule has 9 heteroatoms. The highest BCUT2D eigenvalue weighted by Crippen LogP contribution is 2.28. The lowest BCUT2D eigenvalue weighted by Crippen LogP contribution is -2.23. The zero-order chi connectivity index (χ0) is 21.5. The van der Waals surface area contributed by atoms with Crippen molar-refractivity contribution < 1.29 is 9.15 Å². The van der Waals surface area contributed by atoms with Crippen LogP contribution in [-0.4, -0.2) is 51.1 Å². The van der Waals surface area contributed by atoms with Crippen molar-refractivity contribution in [3.63, 3.8) is 0 Å². The van der Waals surface area contributed by atoms with Gasteiger partial charge in [0.25, 0.3) is 0 Å². The van der Waals surface area contributed by atoms with Crippen LogP contribution in [0.5, 0.6) is 5.75 Å². The van der Waals surface area contributed by atoms with Gasteiger partial charge >= 0.3 is 0 Å². The van der Waals surface area contributed by atoms with Gasteiger partial charge < -0.3 is 13.7 Å². The van der Waals surface area contributed by atoms with Crippen molar-refractivity contribution in [1.82, 2.24) is 29.9 Å². The first kappa shape index (κ1) is 22.3. The molecule has 0 spiro atoms. The van der Waals surface area contributed by atoms with Crippen molar-refractivity contribution in [2.75, 3.05) is 21.2 Å². The largest absolute Gasteiger partial charge is 0.497 e. The van der Waals surface area contributed by atoms with E-state index < -0.39 is 0 Å². The lowest BCUT2D eigenvalue weighted by molar-refractivity contribution is 0.270. The second-order valence-electron chi connectivity index (χ2n) is 7.25. The number of rotatable bonds is 11. The van der Waals surface area contributed by atoms with E-state index in [2.05, 4.69) is 57.8 Å². The molecule has 0 aliphatic carbocycles. The fourth-order valence-electron chi connectivity index (χ4n) is 3.25. The van der Waals surface area contributed by atoms with Gasteiger partial charge in [-0.25, -0.2) is 0 Å². The van der Waals surface area contributed by atoms with Crippen molar-refractivity contribution >= 4 is 11.8 Å². The predicted octanol–water partition coefficient (Wildman–Crippen LogP) is 4.44. The summed E-state index contributed by atoms with van der Waals surface area (Å²) in [5.74, 6) is 3.42. The molecule has 0 amide bonds. The third kappa shape index (κ3) is 5.20. The van der Waals surface area contributed by atoms with E-state index in [4.69, 9.17) is 9.15 Å². The number of nitrogens with zero attached hydrogens (tertiary/aromatic N) is 6. The number of aromatic nitrogens is 5. The first-order valence-electron chi connectivity index (χ1n) is 10.3. The number of hydrogen-bond donors (Lipinski definition) is 0. The van der Waals surface area contributed by atoms with Gasteiger partial charge in [-0.2, -0.15) is 0 Å². The highest BCUT2D eigenvalue weighted by atomic mass is 32.2. The maximum Gasteiger partial charge on any atom is 0.247 e. The van der Waals surface area contributed by atoms with Crippen molar-refractivity contribution in [2.45, 2.75) is 56.6 Å². The topological polar surface area (TPSA) is 82.1 Å². The van der Waals surface area contributed by atoms with Gasteiger partial charge in [-0.1, -0.05) is 32.0 Å². The van der Waals surface area contributed by atoms with Crippen molar-refractivity contribution in [3.05, 3.63) is 36.0 Å². The van der Waals surface area contributed by atoms with Gasteiger partial charge in [0.05, 0.1) is 18.9 Å². The van der Waals surface area contributed by atoms with Crippen LogP contribution in [0.4, 0.5) is 0 Å². The highest BCUT2D eigenvalue weighted by molar-refractivity contribution is 7.98. The minimum absolute atomic E-state index is 0.244. The third-order valence-corrected chi connectivity index (χ3v) is 5.87. The fraction of sp³-hybridized carbons (Fsp3) is 0.524. The quantitative estimate of drug-likeness (QED) is 0.413. The van der Waals surface area contributed by atoms with E-state index >= 15 is 0 Å². The number of benzene rings is 1. The molecule has 3 aromatic rings. The molecule has 2 aromatic heterocycles. The van der Waals surface area contributed by atoms with E-state index in [-0.39, 0.29) is 6.04 Å². The number of hydrogen-bond acceptors (Lipinski definition) is 8. The molecule has 0 saturated heterocycles. The molecule has 1 aromatic carbocycles. The molecule has 0 aliphatic rings. The van der Waals surface area contributed by atoms with E-state index in [1.165, 1.54) is 0 Å². The van der Waals surface area contributed by atoms with Crippen LogP contribution in [0.3, 0.4) is 0 Å². The maximum absolute atomic E-state index is 5.85. The first-order valence-corrected chi connectivity index (χ1v) is 11.2. The summed E-state index contributed by atoms with van der Waals surface area (Å²) in [5, 5.41) is 18.2. The normalized spacial score (nSPS) is 12.5. The molecular weight excluding hydrogens is 400 g/mol. The lowest BCUT2D eigenvalue weighted by Gasteiger charge is -2.23. The molecule has 30 heavy (non-hydrogen) atoms. The second kappa shape index (κ2) is 10.6. The van der Waals surface area contributed by atoms with Gasteiger partial charge in [0.15, 0.2) is 11.0 Å². The molecule has 0 fully saturated rings. The summed E-state index contributed by atoms with van der Waals surface area (Å²) in [6.07, 6.45) is 3.19. The van der Waals surface area contributed by atoms with Gasteiger partial charge in [-0.15, -0.1) is 20.4 Å². The Bertz CT molecular complexity index is 922. The number of unbranched alkanes of at least 4 members (excludes halogenated alkanes) is 1. The Hall–Kier alpha value is -2.39. The molecule has 0 N–H and O–H groups in total. The lowest BCUT2D eigenvalue weighted by atomic mass is 10.2. The molecule has 8 nitrogen and oxygen atoms in total. The third-order valence-electron chi connectivity index (χ3n) is 4.92. The van der Waals surface area contributed by atoms with Crippen LogP contribution in [0.15, 0.2) is 33.8 Å². The summed E-state index contributed by atoms with van der Waals surface area (Å²) >= 11 is 1.58. The van der Waals surface area contributed by atoms with Crippen LogP contribution >= 0.6 is 11.8 Å². The highest BCUT2D eigenvalue weighted by Gasteiger charge is 2.22. The number of thioether (sulfide) groups is 1. The monoisotopic (exact) mass is 430 g/mol. The second-order valence-corrected chi connectivity index (χ2v) is 8.19. The Kier molecular flexibility index (Phi) is 7.87. The summed E-state index contributed by atoms with van der Waals surface area (Å²) in [5.41, 5.74) is 0.865. The minimum Gasteiger partial charge on any atom is -0.497 e. The summed E-state index contributed by atoms with van der Waals surface area (Å²) in [6.45, 7) is 5.28. The van der Waals surface area contributed by atoms with Crippen LogP contribution in [0, 0.1) is 0 Å². The Balaban J connectivity index is 1.73. The molecule has 0 bridgehead atoms. The standard InChI is InChI=1S/C21H30N6O2S/c1-6-8-13-27-19(17(7-2)26(3)4)23-25-21(27)30-14-18-22-24-20(29-18)15-9-11-16(28-5)12-10-15/h9-12,17H,6-8,13-14H2,1-5H3. The molecule has 2 heterocycles. The molecular formula is C21H30N6O2S. The molecule has 162 valence electrons. The van der Waals surface area contributed by atoms with Gasteiger partial charge in [0.1, 0.15) is 5.75 Å². The SMILES string of the molecule is CCCCn1c(SCc2nnc(-c3ccc(OC)cc3)o2)nnc1C(CC)N(C)C. The van der Waals surface area contributed by atoms with E-state index in [0.717, 1.165) is 48.1 Å². The van der Waals surface area contributed by atoms with E-state index in [1.54, 1.807) is 18.9 Å². The molecule has 3 rings (SSSR count). The van der Waals surface area contributed by atoms with Gasteiger partial charge in [-0.3, -0.25) is 4.90 Å². The maximum atomic E-state index is 5.85. The molecule has 0 aliphatic heterocycles. The average Bonchev–Trinajstić information content (AvgIpc) is 3.38. The van der Waals surface area contributed by atoms with Crippen molar-refractivity contribution in [2.24, 2.45) is 0 Å². The van der Waals surface area contributed by atoms with Gasteiger partial charge in [-0.05, 0) is 51.2 Å². The zero-order valence-electron chi connectivity index (χ0n) is 18.3. The van der Waals surface area contributed by atoms with Crippen LogP contribution in [0.25, 0.3) is 11.5 Å². The average molecular weight is 431 g/mol. The van der Waals surface area contributed by atoms with Gasteiger partial charge in [0, 0.05) is 12.1 Å². The molecule has 0 radical (unpaired) electrons. The van der Waals surface area contributed by atoms with Crippen molar-refractivity contribution in [3.8, 4) is 17.2 Å². The molecule has 0 saturated carbocycles. The summed E-state index contributed by atoms with van der Waals surface area (Å²) < 4.78 is 13.3. The zero-order valence-corrected chi connectivity index (χ0v) is 19.1. The fourth-order valence-corrected chi connectivity index (χ4v) is 4.06. The van der Waals surface area contributed by atoms with E-state index in [9.17, 15) is 0 Å². The summed E-state index contributed by atoms with van der Waals surface area (Å²) in [6, 6.07) is 7.81. The minimum atomic E-state index is 0.244. The van der Waals surface area contributed by atoms with Crippen LogP contribution in [0.1, 0.15) is 50.9 Å². The number of methoxy groups -OCH3 is 1. The Morgan fingerprint density at radius 2 is 1.87 bits per heavy atom. The Morgan fingerprint density at radius 1 is 1.10 bits per heavy atom.